The van der Waals surface area contributed by atoms with Crippen molar-refractivity contribution in [2.75, 3.05) is 0 Å². The number of ether oxygens (including phenoxy) is 1. The number of aryl methyl sites for hydroxylation is 1. The summed E-state index contributed by atoms with van der Waals surface area (Å²) in [5, 5.41) is 9.13. The summed E-state index contributed by atoms with van der Waals surface area (Å²) in [5.41, 5.74) is 8.21. The normalized spacial score (nSPS) is 17.9. The Bertz CT molecular complexity index is 1340. The van der Waals surface area contributed by atoms with E-state index in [9.17, 15) is 9.18 Å². The van der Waals surface area contributed by atoms with Crippen molar-refractivity contribution in [1.82, 2.24) is 0 Å². The van der Waals surface area contributed by atoms with E-state index in [1.165, 1.54) is 11.1 Å². The van der Waals surface area contributed by atoms with Crippen LogP contribution in [0.4, 0.5) is 4.39 Å². The Kier molecular flexibility index (Phi) is 6.00. The number of carboxylic acids is 1. The molecule has 2 aliphatic carbocycles. The van der Waals surface area contributed by atoms with E-state index in [-0.39, 0.29) is 23.6 Å². The van der Waals surface area contributed by atoms with Gasteiger partial charge in [-0.2, -0.15) is 0 Å². The van der Waals surface area contributed by atoms with Gasteiger partial charge in [0.15, 0.2) is 0 Å². The minimum atomic E-state index is -0.770. The molecule has 0 saturated carbocycles. The largest absolute Gasteiger partial charge is 0.489 e. The molecular weight excluding hydrogens is 439 g/mol. The number of aliphatic carboxylic acids is 1. The van der Waals surface area contributed by atoms with Crippen LogP contribution in [0.5, 0.6) is 5.75 Å². The molecule has 0 bridgehead atoms. The fourth-order valence-corrected chi connectivity index (χ4v) is 5.48. The number of hydrogen-bond acceptors (Lipinski definition) is 2. The zero-order chi connectivity index (χ0) is 24.7. The van der Waals surface area contributed by atoms with Crippen LogP contribution in [0, 0.1) is 18.2 Å². The molecule has 0 fully saturated rings. The Morgan fingerprint density at radius 3 is 2.63 bits per heavy atom. The third-order valence-corrected chi connectivity index (χ3v) is 7.48. The first-order valence-electron chi connectivity index (χ1n) is 12.3. The maximum Gasteiger partial charge on any atom is 0.303 e. The monoisotopic (exact) mass is 470 g/mol. The van der Waals surface area contributed by atoms with Crippen LogP contribution in [0.15, 0.2) is 60.7 Å². The second-order valence-electron chi connectivity index (χ2n) is 10.6. The lowest BCUT2D eigenvalue weighted by atomic mass is 9.76. The number of carboxylic acid groups (broad SMARTS) is 1. The molecule has 4 heteroatoms. The van der Waals surface area contributed by atoms with Crippen molar-refractivity contribution >= 4 is 11.5 Å². The molecule has 0 aliphatic heterocycles. The molecule has 1 unspecified atom stereocenters. The van der Waals surface area contributed by atoms with Gasteiger partial charge in [0.05, 0.1) is 6.42 Å². The van der Waals surface area contributed by atoms with Gasteiger partial charge in [0.1, 0.15) is 18.2 Å². The van der Waals surface area contributed by atoms with Crippen LogP contribution in [0.25, 0.3) is 16.7 Å². The van der Waals surface area contributed by atoms with Gasteiger partial charge >= 0.3 is 5.97 Å². The van der Waals surface area contributed by atoms with Crippen molar-refractivity contribution < 1.29 is 19.0 Å². The van der Waals surface area contributed by atoms with Crippen molar-refractivity contribution in [1.29, 1.82) is 0 Å². The quantitative estimate of drug-likeness (QED) is 0.385. The van der Waals surface area contributed by atoms with Gasteiger partial charge in [0.2, 0.25) is 0 Å². The summed E-state index contributed by atoms with van der Waals surface area (Å²) in [6.45, 7) is 6.87. The molecule has 3 aromatic carbocycles. The summed E-state index contributed by atoms with van der Waals surface area (Å²) in [6, 6.07) is 17.4. The molecule has 180 valence electrons. The lowest BCUT2D eigenvalue weighted by Crippen LogP contribution is -2.20. The van der Waals surface area contributed by atoms with Crippen LogP contribution in [-0.4, -0.2) is 11.1 Å². The maximum atomic E-state index is 14.9. The number of halogens is 1. The van der Waals surface area contributed by atoms with Gasteiger partial charge in [-0.15, -0.1) is 0 Å². The number of hydrogen-bond donors (Lipinski definition) is 1. The first-order valence-corrected chi connectivity index (χ1v) is 12.3. The predicted octanol–water partition coefficient (Wildman–Crippen LogP) is 7.70. The van der Waals surface area contributed by atoms with Gasteiger partial charge in [-0.1, -0.05) is 49.8 Å². The summed E-state index contributed by atoms with van der Waals surface area (Å²) in [7, 11) is 0. The molecule has 0 heterocycles. The van der Waals surface area contributed by atoms with Crippen molar-refractivity contribution in [3.05, 3.63) is 94.3 Å². The lowest BCUT2D eigenvalue weighted by Gasteiger charge is -2.29. The Balaban J connectivity index is 1.44. The summed E-state index contributed by atoms with van der Waals surface area (Å²) in [5.74, 6) is -0.170. The number of fused-ring (bicyclic) bond motifs is 1. The molecule has 35 heavy (non-hydrogen) atoms. The summed E-state index contributed by atoms with van der Waals surface area (Å²) in [4.78, 5) is 11.1. The van der Waals surface area contributed by atoms with Crippen molar-refractivity contribution in [2.24, 2.45) is 5.41 Å². The number of benzene rings is 3. The summed E-state index contributed by atoms with van der Waals surface area (Å²) >= 11 is 0. The van der Waals surface area contributed by atoms with Gasteiger partial charge in [-0.3, -0.25) is 4.79 Å². The molecule has 0 spiro atoms. The van der Waals surface area contributed by atoms with Crippen LogP contribution in [-0.2, 0) is 17.8 Å². The third-order valence-electron chi connectivity index (χ3n) is 7.48. The fourth-order valence-electron chi connectivity index (χ4n) is 5.48. The van der Waals surface area contributed by atoms with Gasteiger partial charge in [0, 0.05) is 5.56 Å². The molecule has 0 saturated heterocycles. The Morgan fingerprint density at radius 1 is 1.06 bits per heavy atom. The van der Waals surface area contributed by atoms with Crippen LogP contribution >= 0.6 is 0 Å². The maximum absolute atomic E-state index is 14.9. The summed E-state index contributed by atoms with van der Waals surface area (Å²) < 4.78 is 21.0. The highest BCUT2D eigenvalue weighted by Gasteiger charge is 2.31. The predicted molar refractivity (Wildman–Crippen MR) is 137 cm³/mol. The molecule has 1 N–H and O–H groups in total. The highest BCUT2D eigenvalue weighted by Crippen LogP contribution is 2.47. The number of rotatable bonds is 7. The van der Waals surface area contributed by atoms with Crippen LogP contribution in [0.3, 0.4) is 0 Å². The zero-order valence-electron chi connectivity index (χ0n) is 20.5. The van der Waals surface area contributed by atoms with E-state index in [2.05, 4.69) is 26.0 Å². The van der Waals surface area contributed by atoms with E-state index >= 15 is 0 Å². The topological polar surface area (TPSA) is 46.5 Å². The average molecular weight is 471 g/mol. The van der Waals surface area contributed by atoms with Crippen molar-refractivity contribution in [2.45, 2.75) is 59.0 Å². The van der Waals surface area contributed by atoms with Crippen LogP contribution in [0.1, 0.15) is 66.8 Å². The van der Waals surface area contributed by atoms with Gasteiger partial charge in [-0.25, -0.2) is 4.39 Å². The summed E-state index contributed by atoms with van der Waals surface area (Å²) in [6.07, 6.45) is 5.35. The van der Waals surface area contributed by atoms with E-state index < -0.39 is 5.97 Å². The molecule has 3 aromatic rings. The first kappa shape index (κ1) is 23.3. The Hall–Kier alpha value is -3.40. The first-order chi connectivity index (χ1) is 16.7. The lowest BCUT2D eigenvalue weighted by molar-refractivity contribution is -0.137. The molecular formula is C31H31FO3. The second-order valence-corrected chi connectivity index (χ2v) is 10.6. The van der Waals surface area contributed by atoms with E-state index in [1.807, 2.05) is 43.3 Å². The van der Waals surface area contributed by atoms with E-state index in [1.54, 1.807) is 12.1 Å². The molecule has 0 amide bonds. The molecule has 0 radical (unpaired) electrons. The molecule has 2 aliphatic rings. The standard InChI is InChI=1S/C31H31FO3/c1-19-6-11-29(32)27(13-19)24-10-7-20(14-26(24)28-5-4-12-31(28,2)3)18-35-23-9-8-21-15-22(16-30(33)34)25(21)17-23/h5-11,13-14,17,22H,4,12,15-16,18H2,1-3H3,(H,33,34). The minimum absolute atomic E-state index is 0.0232. The van der Waals surface area contributed by atoms with Crippen LogP contribution < -0.4 is 4.74 Å². The van der Waals surface area contributed by atoms with Gasteiger partial charge in [-0.05, 0) is 101 Å². The van der Waals surface area contributed by atoms with E-state index in [0.29, 0.717) is 12.2 Å². The highest BCUT2D eigenvalue weighted by atomic mass is 19.1. The highest BCUT2D eigenvalue weighted by molar-refractivity contribution is 5.85. The number of allylic oxidation sites excluding steroid dienone is 2. The van der Waals surface area contributed by atoms with Gasteiger partial charge < -0.3 is 9.84 Å². The smallest absolute Gasteiger partial charge is 0.303 e. The van der Waals surface area contributed by atoms with Crippen molar-refractivity contribution in [3.8, 4) is 16.9 Å². The number of carbonyl (C=O) groups is 1. The van der Waals surface area contributed by atoms with E-state index in [4.69, 9.17) is 9.84 Å². The van der Waals surface area contributed by atoms with Crippen molar-refractivity contribution in [3.63, 3.8) is 0 Å². The average Bonchev–Trinajstić information content (AvgIpc) is 3.16. The Morgan fingerprint density at radius 2 is 1.89 bits per heavy atom. The minimum Gasteiger partial charge on any atom is -0.489 e. The Labute approximate surface area is 206 Å². The molecule has 0 aromatic heterocycles. The third kappa shape index (κ3) is 4.62. The SMILES string of the molecule is Cc1ccc(F)c(-c2ccc(COc3ccc4c(c3)C(CC(=O)O)C4)cc2C2=CCCC2(C)C)c1. The fraction of sp³-hybridized carbons (Fsp3) is 0.323. The second kappa shape index (κ2) is 8.99. The molecule has 5 rings (SSSR count). The molecule has 1 atom stereocenters. The zero-order valence-corrected chi connectivity index (χ0v) is 20.5. The molecule has 3 nitrogen and oxygen atoms in total. The van der Waals surface area contributed by atoms with Crippen LogP contribution in [0.2, 0.25) is 0 Å². The van der Waals surface area contributed by atoms with E-state index in [0.717, 1.165) is 52.8 Å². The van der Waals surface area contributed by atoms with Gasteiger partial charge in [0.25, 0.3) is 0 Å².